The fraction of sp³-hybridized carbons (Fsp3) is 0.0385. The molecule has 0 aliphatic heterocycles. The molecule has 28 heavy (non-hydrogen) atoms. The maximum atomic E-state index is 2.99. The van der Waals surface area contributed by atoms with Crippen LogP contribution in [0.5, 0.6) is 0 Å². The van der Waals surface area contributed by atoms with Crippen LogP contribution >= 0.6 is 7.92 Å². The van der Waals surface area contributed by atoms with E-state index >= 15 is 0 Å². The van der Waals surface area contributed by atoms with E-state index in [-0.39, 0.29) is 26.2 Å². The molecule has 0 saturated carbocycles. The molecule has 0 spiro atoms. The van der Waals surface area contributed by atoms with Crippen LogP contribution in [0.15, 0.2) is 115 Å². The Bertz CT molecular complexity index is 963. The largest absolute Gasteiger partial charge is 2.00 e. The molecule has 0 N–H and O–H groups in total. The Morgan fingerprint density at radius 3 is 1.86 bits per heavy atom. The summed E-state index contributed by atoms with van der Waals surface area (Å²) in [4.78, 5) is 0. The predicted octanol–water partition coefficient (Wildman–Crippen LogP) is 5.62. The van der Waals surface area contributed by atoms with Crippen LogP contribution < -0.4 is 15.9 Å². The molecule has 4 aromatic rings. The third kappa shape index (κ3) is 5.11. The van der Waals surface area contributed by atoms with Gasteiger partial charge in [0.25, 0.3) is 0 Å². The molecule has 0 atom stereocenters. The number of allylic oxidation sites excluding steroid dienone is 4. The van der Waals surface area contributed by atoms with Crippen molar-refractivity contribution in [1.82, 2.24) is 0 Å². The van der Waals surface area contributed by atoms with Gasteiger partial charge < -0.3 is 0 Å². The van der Waals surface area contributed by atoms with Crippen molar-refractivity contribution >= 4 is 34.6 Å². The van der Waals surface area contributed by atoms with Gasteiger partial charge in [-0.05, 0) is 18.5 Å². The van der Waals surface area contributed by atoms with Gasteiger partial charge >= 0.3 is 26.2 Å². The Labute approximate surface area is 187 Å². The Morgan fingerprint density at radius 1 is 0.750 bits per heavy atom. The first-order chi connectivity index (χ1) is 13.4. The van der Waals surface area contributed by atoms with E-state index in [9.17, 15) is 0 Å². The van der Waals surface area contributed by atoms with Crippen molar-refractivity contribution in [3.8, 4) is 0 Å². The number of benzene rings is 3. The second-order valence-corrected chi connectivity index (χ2v) is 8.57. The topological polar surface area (TPSA) is 0 Å². The Hall–Kier alpha value is -1.94. The maximum Gasteiger partial charge on any atom is 2.00 e. The molecule has 0 amide bonds. The van der Waals surface area contributed by atoms with Gasteiger partial charge in [0.05, 0.1) is 0 Å². The minimum atomic E-state index is -0.493. The molecule has 1 aliphatic rings. The molecular formula is C26H21PZr. The smallest absolute Gasteiger partial charge is 0.273 e. The van der Waals surface area contributed by atoms with Crippen molar-refractivity contribution in [2.75, 3.05) is 0 Å². The zero-order valence-electron chi connectivity index (χ0n) is 15.6. The van der Waals surface area contributed by atoms with E-state index in [0.717, 1.165) is 6.42 Å². The van der Waals surface area contributed by atoms with Crippen molar-refractivity contribution in [2.24, 2.45) is 0 Å². The van der Waals surface area contributed by atoms with Crippen molar-refractivity contribution < 1.29 is 26.2 Å². The van der Waals surface area contributed by atoms with E-state index in [2.05, 4.69) is 109 Å². The maximum absolute atomic E-state index is 2.99. The monoisotopic (exact) mass is 454 g/mol. The summed E-state index contributed by atoms with van der Waals surface area (Å²) in [6.45, 7) is 0. The van der Waals surface area contributed by atoms with Crippen LogP contribution in [-0.2, 0) is 26.2 Å². The van der Waals surface area contributed by atoms with Gasteiger partial charge in [-0.1, -0.05) is 66.7 Å². The van der Waals surface area contributed by atoms with E-state index in [4.69, 9.17) is 0 Å². The molecule has 0 saturated heterocycles. The van der Waals surface area contributed by atoms with Crippen LogP contribution in [0.1, 0.15) is 6.42 Å². The molecule has 1 aliphatic carbocycles. The van der Waals surface area contributed by atoms with Gasteiger partial charge in [-0.2, -0.15) is 12.1 Å². The van der Waals surface area contributed by atoms with Gasteiger partial charge in [-0.25, -0.2) is 12.2 Å². The molecule has 0 heterocycles. The average molecular weight is 456 g/mol. The molecule has 134 valence electrons. The fourth-order valence-corrected chi connectivity index (χ4v) is 5.58. The fourth-order valence-electron chi connectivity index (χ4n) is 3.20. The van der Waals surface area contributed by atoms with E-state index in [1.54, 1.807) is 0 Å². The molecule has 0 radical (unpaired) electrons. The molecule has 0 aromatic heterocycles. The summed E-state index contributed by atoms with van der Waals surface area (Å²) >= 11 is 0. The number of hydrogen-bond donors (Lipinski definition) is 0. The summed E-state index contributed by atoms with van der Waals surface area (Å²) < 4.78 is 0. The van der Waals surface area contributed by atoms with Crippen molar-refractivity contribution in [3.05, 3.63) is 121 Å². The zero-order valence-corrected chi connectivity index (χ0v) is 19.0. The number of rotatable bonds is 3. The van der Waals surface area contributed by atoms with Crippen molar-refractivity contribution in [3.63, 3.8) is 0 Å². The third-order valence-corrected chi connectivity index (χ3v) is 6.88. The van der Waals surface area contributed by atoms with Gasteiger partial charge in [-0.15, -0.1) is 46.8 Å². The quantitative estimate of drug-likeness (QED) is 0.278. The van der Waals surface area contributed by atoms with Gasteiger partial charge in [0, 0.05) is 0 Å². The van der Waals surface area contributed by atoms with Gasteiger partial charge in [0.1, 0.15) is 0 Å². The second kappa shape index (κ2) is 10.6. The SMILES string of the molecule is [C-]1=CC=CC1.[Zr+2].c1ccc(P(c2ccccc2)c2cc3ccccc3[cH-]2)cc1. The Balaban J connectivity index is 0.000000329. The van der Waals surface area contributed by atoms with Crippen LogP contribution in [0.4, 0.5) is 0 Å². The van der Waals surface area contributed by atoms with Crippen LogP contribution in [0.25, 0.3) is 10.8 Å². The normalized spacial score (nSPS) is 11.9. The molecule has 0 bridgehead atoms. The Morgan fingerprint density at radius 2 is 1.36 bits per heavy atom. The van der Waals surface area contributed by atoms with Crippen LogP contribution in [0.2, 0.25) is 0 Å². The first-order valence-electron chi connectivity index (χ1n) is 9.19. The van der Waals surface area contributed by atoms with Crippen molar-refractivity contribution in [1.29, 1.82) is 0 Å². The summed E-state index contributed by atoms with van der Waals surface area (Å²) in [6, 6.07) is 35.0. The molecule has 2 heteroatoms. The predicted molar refractivity (Wildman–Crippen MR) is 120 cm³/mol. The number of hydrogen-bond acceptors (Lipinski definition) is 0. The third-order valence-electron chi connectivity index (χ3n) is 4.48. The van der Waals surface area contributed by atoms with Gasteiger partial charge in [-0.3, -0.25) is 6.08 Å². The summed E-state index contributed by atoms with van der Waals surface area (Å²) in [5.41, 5.74) is 0. The van der Waals surface area contributed by atoms with Gasteiger partial charge in [0.2, 0.25) is 0 Å². The van der Waals surface area contributed by atoms with E-state index < -0.39 is 7.92 Å². The standard InChI is InChI=1S/C21H16P.C5H5.Zr/c1-3-11-19(12-4-1)22(20-13-5-2-6-14-20)21-15-17-9-7-8-10-18(17)16-21;1-2-4-5-3-1;/h1-16H;1-3H,4H2;/q2*-1;+2. The molecular weight excluding hydrogens is 434 g/mol. The molecule has 0 unspecified atom stereocenters. The Kier molecular flexibility index (Phi) is 7.84. The molecule has 5 rings (SSSR count). The molecule has 0 nitrogen and oxygen atoms in total. The minimum Gasteiger partial charge on any atom is -0.273 e. The van der Waals surface area contributed by atoms with Crippen LogP contribution in [0, 0.1) is 6.08 Å². The summed E-state index contributed by atoms with van der Waals surface area (Å²) in [6.07, 6.45) is 10.0. The summed E-state index contributed by atoms with van der Waals surface area (Å²) in [7, 11) is -0.493. The van der Waals surface area contributed by atoms with Crippen LogP contribution in [0.3, 0.4) is 0 Å². The van der Waals surface area contributed by atoms with Crippen molar-refractivity contribution in [2.45, 2.75) is 6.42 Å². The van der Waals surface area contributed by atoms with Crippen LogP contribution in [-0.4, -0.2) is 0 Å². The summed E-state index contributed by atoms with van der Waals surface area (Å²) in [5.74, 6) is 0. The number of fused-ring (bicyclic) bond motifs is 1. The molecule has 0 fully saturated rings. The van der Waals surface area contributed by atoms with E-state index in [1.807, 2.05) is 12.2 Å². The summed E-state index contributed by atoms with van der Waals surface area (Å²) in [5, 5.41) is 6.89. The minimum absolute atomic E-state index is 0. The van der Waals surface area contributed by atoms with E-state index in [1.165, 1.54) is 26.7 Å². The second-order valence-electron chi connectivity index (χ2n) is 6.35. The average Bonchev–Trinajstić information content (AvgIpc) is 3.43. The first-order valence-corrected chi connectivity index (χ1v) is 10.5. The molecule has 4 aromatic carbocycles. The van der Waals surface area contributed by atoms with E-state index in [0.29, 0.717) is 0 Å². The first kappa shape index (κ1) is 20.8. The van der Waals surface area contributed by atoms with Gasteiger partial charge in [0.15, 0.2) is 0 Å². The zero-order chi connectivity index (χ0) is 18.3.